The lowest BCUT2D eigenvalue weighted by molar-refractivity contribution is 0.360. The van der Waals surface area contributed by atoms with E-state index >= 15 is 0 Å². The molecule has 5 heteroatoms. The Morgan fingerprint density at radius 3 is 2.68 bits per heavy atom. The maximum atomic E-state index is 6.08. The first-order chi connectivity index (χ1) is 9.34. The predicted molar refractivity (Wildman–Crippen MR) is 78.1 cm³/mol. The second-order valence-corrected chi connectivity index (χ2v) is 6.33. The summed E-state index contributed by atoms with van der Waals surface area (Å²) in [7, 11) is 0. The fraction of sp³-hybridized carbons (Fsp3) is 0.571. The predicted octanol–water partition coefficient (Wildman–Crippen LogP) is 3.08. The molecular formula is C14H20N4S. The van der Waals surface area contributed by atoms with Gasteiger partial charge in [0, 0.05) is 12.0 Å². The van der Waals surface area contributed by atoms with Crippen molar-refractivity contribution in [2.45, 2.75) is 43.9 Å². The Hall–Kier alpha value is -1.20. The fourth-order valence-electron chi connectivity index (χ4n) is 2.96. The van der Waals surface area contributed by atoms with Gasteiger partial charge < -0.3 is 5.73 Å². The van der Waals surface area contributed by atoms with Crippen LogP contribution in [0.2, 0.25) is 0 Å². The Balaban J connectivity index is 1.91. The van der Waals surface area contributed by atoms with Crippen LogP contribution in [-0.2, 0) is 5.41 Å². The highest BCUT2D eigenvalue weighted by molar-refractivity contribution is 7.13. The van der Waals surface area contributed by atoms with E-state index in [2.05, 4.69) is 21.6 Å². The Kier molecular flexibility index (Phi) is 3.66. The lowest BCUT2D eigenvalue weighted by Crippen LogP contribution is -2.35. The van der Waals surface area contributed by atoms with Crippen molar-refractivity contribution < 1.29 is 0 Å². The quantitative estimate of drug-likeness (QED) is 0.847. The van der Waals surface area contributed by atoms with Crippen LogP contribution in [0.1, 0.15) is 44.3 Å². The molecule has 3 rings (SSSR count). The summed E-state index contributed by atoms with van der Waals surface area (Å²) in [5, 5.41) is 9.58. The van der Waals surface area contributed by atoms with Crippen molar-refractivity contribution in [3.05, 3.63) is 23.3 Å². The van der Waals surface area contributed by atoms with Crippen LogP contribution in [0.15, 0.2) is 17.5 Å². The number of rotatable bonds is 3. The van der Waals surface area contributed by atoms with Gasteiger partial charge in [-0.2, -0.15) is 5.10 Å². The van der Waals surface area contributed by atoms with Crippen LogP contribution in [-0.4, -0.2) is 21.7 Å². The molecule has 4 nitrogen and oxygen atoms in total. The van der Waals surface area contributed by atoms with Gasteiger partial charge in [-0.05, 0) is 24.3 Å². The number of aromatic nitrogens is 3. The second kappa shape index (κ2) is 5.43. The van der Waals surface area contributed by atoms with Gasteiger partial charge >= 0.3 is 0 Å². The molecule has 0 aliphatic heterocycles. The lowest BCUT2D eigenvalue weighted by atomic mass is 9.79. The minimum atomic E-state index is 0.0129. The second-order valence-electron chi connectivity index (χ2n) is 5.38. The molecule has 2 aromatic rings. The minimum absolute atomic E-state index is 0.0129. The smallest absolute Gasteiger partial charge is 0.191 e. The molecule has 0 unspecified atom stereocenters. The van der Waals surface area contributed by atoms with Crippen molar-refractivity contribution in [1.29, 1.82) is 0 Å². The SMILES string of the molecule is NCC1(c2nc(-c3cccs3)n[nH]2)CCCCCC1. The van der Waals surface area contributed by atoms with Crippen molar-refractivity contribution in [3.8, 4) is 10.7 Å². The summed E-state index contributed by atoms with van der Waals surface area (Å²) in [4.78, 5) is 5.84. The summed E-state index contributed by atoms with van der Waals surface area (Å²) >= 11 is 1.67. The van der Waals surface area contributed by atoms with E-state index in [0.29, 0.717) is 6.54 Å². The normalized spacial score (nSPS) is 19.2. The monoisotopic (exact) mass is 276 g/mol. The van der Waals surface area contributed by atoms with Crippen molar-refractivity contribution >= 4 is 11.3 Å². The van der Waals surface area contributed by atoms with E-state index in [4.69, 9.17) is 10.7 Å². The molecule has 0 atom stereocenters. The molecule has 0 saturated heterocycles. The number of hydrogen-bond acceptors (Lipinski definition) is 4. The number of H-pyrrole nitrogens is 1. The molecule has 0 aromatic carbocycles. The van der Waals surface area contributed by atoms with Crippen LogP contribution >= 0.6 is 11.3 Å². The van der Waals surface area contributed by atoms with Gasteiger partial charge in [0.05, 0.1) is 4.88 Å². The van der Waals surface area contributed by atoms with E-state index in [9.17, 15) is 0 Å². The molecule has 102 valence electrons. The summed E-state index contributed by atoms with van der Waals surface area (Å²) < 4.78 is 0. The van der Waals surface area contributed by atoms with Gasteiger partial charge in [0.15, 0.2) is 5.82 Å². The van der Waals surface area contributed by atoms with E-state index < -0.39 is 0 Å². The third-order valence-electron chi connectivity index (χ3n) is 4.18. The Bertz CT molecular complexity index is 509. The first-order valence-corrected chi connectivity index (χ1v) is 7.89. The third-order valence-corrected chi connectivity index (χ3v) is 5.05. The van der Waals surface area contributed by atoms with Crippen LogP contribution in [0.25, 0.3) is 10.7 Å². The molecule has 3 N–H and O–H groups in total. The largest absolute Gasteiger partial charge is 0.329 e. The molecule has 1 saturated carbocycles. The molecule has 0 radical (unpaired) electrons. The highest BCUT2D eigenvalue weighted by atomic mass is 32.1. The van der Waals surface area contributed by atoms with Crippen molar-refractivity contribution in [2.24, 2.45) is 5.73 Å². The number of nitrogens with two attached hydrogens (primary N) is 1. The highest BCUT2D eigenvalue weighted by Gasteiger charge is 2.34. The van der Waals surface area contributed by atoms with Crippen LogP contribution in [0.4, 0.5) is 0 Å². The van der Waals surface area contributed by atoms with Gasteiger partial charge in [0.25, 0.3) is 0 Å². The van der Waals surface area contributed by atoms with Gasteiger partial charge in [-0.3, -0.25) is 5.10 Å². The van der Waals surface area contributed by atoms with E-state index in [0.717, 1.165) is 29.4 Å². The zero-order valence-corrected chi connectivity index (χ0v) is 11.9. The van der Waals surface area contributed by atoms with Gasteiger partial charge in [0.2, 0.25) is 0 Å². The van der Waals surface area contributed by atoms with Gasteiger partial charge in [-0.15, -0.1) is 11.3 Å². The summed E-state index contributed by atoms with van der Waals surface area (Å²) in [5.41, 5.74) is 6.10. The zero-order valence-electron chi connectivity index (χ0n) is 11.1. The molecular weight excluding hydrogens is 256 g/mol. The molecule has 2 aromatic heterocycles. The minimum Gasteiger partial charge on any atom is -0.329 e. The molecule has 19 heavy (non-hydrogen) atoms. The van der Waals surface area contributed by atoms with E-state index in [1.807, 2.05) is 6.07 Å². The van der Waals surface area contributed by atoms with Crippen LogP contribution in [0.3, 0.4) is 0 Å². The topological polar surface area (TPSA) is 67.6 Å². The molecule has 1 aliphatic rings. The Morgan fingerprint density at radius 1 is 1.26 bits per heavy atom. The van der Waals surface area contributed by atoms with E-state index in [-0.39, 0.29) is 5.41 Å². The van der Waals surface area contributed by atoms with Gasteiger partial charge in [-0.1, -0.05) is 31.7 Å². The molecule has 0 amide bonds. The number of nitrogens with one attached hydrogen (secondary N) is 1. The van der Waals surface area contributed by atoms with Crippen LogP contribution in [0.5, 0.6) is 0 Å². The highest BCUT2D eigenvalue weighted by Crippen LogP contribution is 2.36. The number of nitrogens with zero attached hydrogens (tertiary/aromatic N) is 2. The lowest BCUT2D eigenvalue weighted by Gasteiger charge is -2.28. The van der Waals surface area contributed by atoms with Gasteiger partial charge in [-0.25, -0.2) is 4.98 Å². The van der Waals surface area contributed by atoms with Crippen molar-refractivity contribution in [1.82, 2.24) is 15.2 Å². The molecule has 0 spiro atoms. The maximum absolute atomic E-state index is 6.08. The maximum Gasteiger partial charge on any atom is 0.191 e. The summed E-state index contributed by atoms with van der Waals surface area (Å²) in [6.45, 7) is 0.659. The van der Waals surface area contributed by atoms with E-state index in [1.54, 1.807) is 11.3 Å². The fourth-order valence-corrected chi connectivity index (χ4v) is 3.62. The number of aromatic amines is 1. The molecule has 0 bridgehead atoms. The Morgan fingerprint density at radius 2 is 2.05 bits per heavy atom. The van der Waals surface area contributed by atoms with Crippen LogP contribution in [0, 0.1) is 0 Å². The molecule has 1 fully saturated rings. The first kappa shape index (κ1) is 12.8. The summed E-state index contributed by atoms with van der Waals surface area (Å²) in [6.07, 6.45) is 7.37. The summed E-state index contributed by atoms with van der Waals surface area (Å²) in [6, 6.07) is 4.08. The first-order valence-electron chi connectivity index (χ1n) is 7.01. The molecule has 1 aliphatic carbocycles. The standard InChI is InChI=1S/C14H20N4S/c15-10-14(7-3-1-2-4-8-14)13-16-12(17-18-13)11-6-5-9-19-11/h5-6,9H,1-4,7-8,10,15H2,(H,16,17,18). The van der Waals surface area contributed by atoms with Crippen molar-refractivity contribution in [3.63, 3.8) is 0 Å². The van der Waals surface area contributed by atoms with Crippen LogP contribution < -0.4 is 5.73 Å². The van der Waals surface area contributed by atoms with Gasteiger partial charge in [0.1, 0.15) is 5.82 Å². The van der Waals surface area contributed by atoms with E-state index in [1.165, 1.54) is 25.7 Å². The average molecular weight is 276 g/mol. The zero-order chi connectivity index (χ0) is 13.1. The average Bonchev–Trinajstić information content (AvgIpc) is 3.06. The number of thiophene rings is 1. The summed E-state index contributed by atoms with van der Waals surface area (Å²) in [5.74, 6) is 1.79. The Labute approximate surface area is 117 Å². The third kappa shape index (κ3) is 2.44. The number of hydrogen-bond donors (Lipinski definition) is 2. The molecule has 2 heterocycles. The van der Waals surface area contributed by atoms with Crippen molar-refractivity contribution in [2.75, 3.05) is 6.54 Å².